The van der Waals surface area contributed by atoms with Crippen LogP contribution in [0.15, 0.2) is 0 Å². The predicted molar refractivity (Wildman–Crippen MR) is 71.9 cm³/mol. The number of nitrogens with zero attached hydrogens (tertiary/aromatic N) is 1. The Morgan fingerprint density at radius 3 is 2.69 bits per heavy atom. The largest absolute Gasteiger partial charge is 0.313 e. The van der Waals surface area contributed by atoms with E-state index in [0.717, 1.165) is 12.1 Å². The number of nitrogens with one attached hydrogen (secondary N) is 1. The van der Waals surface area contributed by atoms with Gasteiger partial charge in [-0.05, 0) is 45.2 Å². The maximum Gasteiger partial charge on any atom is 0.0195 e. The Morgan fingerprint density at radius 2 is 2.06 bits per heavy atom. The summed E-state index contributed by atoms with van der Waals surface area (Å²) in [6.07, 6.45) is 8.01. The predicted octanol–water partition coefficient (Wildman–Crippen LogP) is 3.03. The number of hydrogen-bond acceptors (Lipinski definition) is 2. The van der Waals surface area contributed by atoms with Crippen LogP contribution in [0.25, 0.3) is 0 Å². The van der Waals surface area contributed by atoms with Gasteiger partial charge >= 0.3 is 0 Å². The molecule has 16 heavy (non-hydrogen) atoms. The first-order valence-corrected chi connectivity index (χ1v) is 7.29. The fraction of sp³-hybridized carbons (Fsp3) is 1.00. The first kappa shape index (κ1) is 14.0. The highest BCUT2D eigenvalue weighted by Crippen LogP contribution is 2.18. The van der Waals surface area contributed by atoms with Crippen LogP contribution in [0.5, 0.6) is 0 Å². The van der Waals surface area contributed by atoms with E-state index in [0.29, 0.717) is 0 Å². The Morgan fingerprint density at radius 1 is 1.25 bits per heavy atom. The first-order valence-electron chi connectivity index (χ1n) is 7.29. The number of hydrogen-bond donors (Lipinski definition) is 1. The minimum absolute atomic E-state index is 0.750. The van der Waals surface area contributed by atoms with E-state index in [2.05, 4.69) is 31.0 Å². The highest BCUT2D eigenvalue weighted by atomic mass is 15.2. The van der Waals surface area contributed by atoms with E-state index in [1.54, 1.807) is 0 Å². The molecule has 0 bridgehead atoms. The lowest BCUT2D eigenvalue weighted by Gasteiger charge is -2.38. The summed E-state index contributed by atoms with van der Waals surface area (Å²) in [6, 6.07) is 1.58. The van der Waals surface area contributed by atoms with Gasteiger partial charge in [0.2, 0.25) is 0 Å². The summed E-state index contributed by atoms with van der Waals surface area (Å²) in [6.45, 7) is 10.7. The summed E-state index contributed by atoms with van der Waals surface area (Å²) in [5, 5.41) is 3.68. The van der Waals surface area contributed by atoms with Crippen molar-refractivity contribution in [2.45, 2.75) is 71.4 Å². The fourth-order valence-electron chi connectivity index (χ4n) is 2.83. The van der Waals surface area contributed by atoms with Gasteiger partial charge in [-0.3, -0.25) is 4.90 Å². The second-order valence-corrected chi connectivity index (χ2v) is 5.14. The summed E-state index contributed by atoms with van der Waals surface area (Å²) >= 11 is 0. The van der Waals surface area contributed by atoms with E-state index >= 15 is 0 Å². The van der Waals surface area contributed by atoms with Gasteiger partial charge in [-0.2, -0.15) is 0 Å². The Labute approximate surface area is 102 Å². The van der Waals surface area contributed by atoms with Gasteiger partial charge in [-0.1, -0.05) is 27.2 Å². The van der Waals surface area contributed by atoms with Gasteiger partial charge in [0.15, 0.2) is 0 Å². The van der Waals surface area contributed by atoms with Crippen molar-refractivity contribution in [1.29, 1.82) is 0 Å². The highest BCUT2D eigenvalue weighted by molar-refractivity contribution is 4.82. The van der Waals surface area contributed by atoms with Crippen molar-refractivity contribution >= 4 is 0 Å². The lowest BCUT2D eigenvalue weighted by molar-refractivity contribution is 0.126. The van der Waals surface area contributed by atoms with Gasteiger partial charge in [0.25, 0.3) is 0 Å². The van der Waals surface area contributed by atoms with Crippen LogP contribution in [-0.4, -0.2) is 36.6 Å². The van der Waals surface area contributed by atoms with Gasteiger partial charge in [0.05, 0.1) is 0 Å². The van der Waals surface area contributed by atoms with Crippen LogP contribution < -0.4 is 5.32 Å². The molecule has 1 aliphatic rings. The SMILES string of the molecule is CCCNC1CCCN(C(CC)CCC)C1. The average molecular weight is 226 g/mol. The summed E-state index contributed by atoms with van der Waals surface area (Å²) in [5.74, 6) is 0. The van der Waals surface area contributed by atoms with Gasteiger partial charge in [0, 0.05) is 18.6 Å². The minimum Gasteiger partial charge on any atom is -0.313 e. The number of rotatable bonds is 7. The molecule has 0 spiro atoms. The molecule has 96 valence electrons. The maximum atomic E-state index is 3.68. The van der Waals surface area contributed by atoms with Crippen LogP contribution in [0.2, 0.25) is 0 Å². The third-order valence-electron chi connectivity index (χ3n) is 3.75. The summed E-state index contributed by atoms with van der Waals surface area (Å²) in [4.78, 5) is 2.72. The molecule has 0 aromatic carbocycles. The second-order valence-electron chi connectivity index (χ2n) is 5.14. The molecule has 1 fully saturated rings. The van der Waals surface area contributed by atoms with E-state index < -0.39 is 0 Å². The zero-order chi connectivity index (χ0) is 11.8. The van der Waals surface area contributed by atoms with E-state index in [-0.39, 0.29) is 0 Å². The molecule has 1 saturated heterocycles. The molecular weight excluding hydrogens is 196 g/mol. The Hall–Kier alpha value is -0.0800. The standard InChI is InChI=1S/C14H30N2/c1-4-8-14(6-3)16-11-7-9-13(12-16)15-10-5-2/h13-15H,4-12H2,1-3H3. The zero-order valence-electron chi connectivity index (χ0n) is 11.5. The molecule has 0 amide bonds. The van der Waals surface area contributed by atoms with Crippen LogP contribution in [0.1, 0.15) is 59.3 Å². The molecule has 0 saturated carbocycles. The molecule has 0 aromatic rings. The van der Waals surface area contributed by atoms with Crippen molar-refractivity contribution in [1.82, 2.24) is 10.2 Å². The third-order valence-corrected chi connectivity index (χ3v) is 3.75. The molecule has 2 heteroatoms. The van der Waals surface area contributed by atoms with Crippen molar-refractivity contribution in [3.05, 3.63) is 0 Å². The van der Waals surface area contributed by atoms with Crippen molar-refractivity contribution in [2.24, 2.45) is 0 Å². The van der Waals surface area contributed by atoms with Crippen molar-refractivity contribution in [2.75, 3.05) is 19.6 Å². The first-order chi connectivity index (χ1) is 7.81. The second kappa shape index (κ2) is 8.08. The van der Waals surface area contributed by atoms with E-state index in [9.17, 15) is 0 Å². The summed E-state index contributed by atoms with van der Waals surface area (Å²) < 4.78 is 0. The summed E-state index contributed by atoms with van der Waals surface area (Å²) in [7, 11) is 0. The molecular formula is C14H30N2. The molecule has 2 atom stereocenters. The monoisotopic (exact) mass is 226 g/mol. The number of likely N-dealkylation sites (tertiary alicyclic amines) is 1. The molecule has 1 aliphatic heterocycles. The van der Waals surface area contributed by atoms with E-state index in [1.165, 1.54) is 58.2 Å². The quantitative estimate of drug-likeness (QED) is 0.718. The van der Waals surface area contributed by atoms with Gasteiger partial charge in [-0.15, -0.1) is 0 Å². The fourth-order valence-corrected chi connectivity index (χ4v) is 2.83. The van der Waals surface area contributed by atoms with Crippen LogP contribution in [0.4, 0.5) is 0 Å². The molecule has 1 heterocycles. The van der Waals surface area contributed by atoms with Crippen LogP contribution >= 0.6 is 0 Å². The molecule has 2 nitrogen and oxygen atoms in total. The minimum atomic E-state index is 0.750. The molecule has 1 N–H and O–H groups in total. The zero-order valence-corrected chi connectivity index (χ0v) is 11.5. The average Bonchev–Trinajstić information content (AvgIpc) is 2.33. The van der Waals surface area contributed by atoms with Crippen LogP contribution in [0.3, 0.4) is 0 Å². The van der Waals surface area contributed by atoms with Crippen LogP contribution in [-0.2, 0) is 0 Å². The van der Waals surface area contributed by atoms with Crippen molar-refractivity contribution < 1.29 is 0 Å². The highest BCUT2D eigenvalue weighted by Gasteiger charge is 2.23. The smallest absolute Gasteiger partial charge is 0.0195 e. The van der Waals surface area contributed by atoms with E-state index in [4.69, 9.17) is 0 Å². The van der Waals surface area contributed by atoms with Gasteiger partial charge in [0.1, 0.15) is 0 Å². The van der Waals surface area contributed by atoms with Gasteiger partial charge < -0.3 is 5.32 Å². The van der Waals surface area contributed by atoms with E-state index in [1.807, 2.05) is 0 Å². The lowest BCUT2D eigenvalue weighted by Crippen LogP contribution is -2.49. The normalized spacial score (nSPS) is 24.6. The topological polar surface area (TPSA) is 15.3 Å². The summed E-state index contributed by atoms with van der Waals surface area (Å²) in [5.41, 5.74) is 0. The third kappa shape index (κ3) is 4.42. The van der Waals surface area contributed by atoms with Gasteiger partial charge in [-0.25, -0.2) is 0 Å². The molecule has 2 unspecified atom stereocenters. The van der Waals surface area contributed by atoms with Crippen molar-refractivity contribution in [3.63, 3.8) is 0 Å². The Kier molecular flexibility index (Phi) is 7.06. The molecule has 1 rings (SSSR count). The Balaban J connectivity index is 2.35. The van der Waals surface area contributed by atoms with Crippen molar-refractivity contribution in [3.8, 4) is 0 Å². The van der Waals surface area contributed by atoms with Crippen LogP contribution in [0, 0.1) is 0 Å². The maximum absolute atomic E-state index is 3.68. The molecule has 0 aromatic heterocycles. The molecule has 0 aliphatic carbocycles. The molecule has 0 radical (unpaired) electrons. The lowest BCUT2D eigenvalue weighted by atomic mass is 10.00. The number of piperidine rings is 1. The Bertz CT molecular complexity index is 170.